The molecule has 0 N–H and O–H groups in total. The Hall–Kier alpha value is -2.23. The standard InChI is InChI=1S/C20H22N2O2/c1-12-17-18(15-10-6-7-11-16(15)21-12)20(24)22(19(17)23)13(2)14-8-4-3-5-9-14/h6-7,10-11,13-14H,3-5,8-9H2,1-2H3/t13-/m1/s1. The topological polar surface area (TPSA) is 50.3 Å². The number of benzene rings is 1. The van der Waals surface area contributed by atoms with Crippen molar-refractivity contribution in [2.75, 3.05) is 0 Å². The SMILES string of the molecule is Cc1nc2ccccc2c2c1C(=O)N([C@H](C)C1CCCCC1)C2=O. The second-order valence-corrected chi connectivity index (χ2v) is 7.08. The molecule has 1 aliphatic heterocycles. The van der Waals surface area contributed by atoms with Crippen molar-refractivity contribution >= 4 is 22.7 Å². The molecule has 2 heterocycles. The fourth-order valence-corrected chi connectivity index (χ4v) is 4.35. The predicted molar refractivity (Wildman–Crippen MR) is 93.0 cm³/mol. The number of hydrogen-bond acceptors (Lipinski definition) is 3. The highest BCUT2D eigenvalue weighted by Crippen LogP contribution is 2.36. The van der Waals surface area contributed by atoms with E-state index in [1.54, 1.807) is 0 Å². The third-order valence-corrected chi connectivity index (χ3v) is 5.68. The van der Waals surface area contributed by atoms with Crippen molar-refractivity contribution in [1.82, 2.24) is 9.88 Å². The number of amides is 2. The van der Waals surface area contributed by atoms with E-state index < -0.39 is 0 Å². The van der Waals surface area contributed by atoms with Gasteiger partial charge in [0.1, 0.15) is 0 Å². The minimum atomic E-state index is -0.163. The Balaban J connectivity index is 1.80. The van der Waals surface area contributed by atoms with Crippen LogP contribution in [0.25, 0.3) is 10.9 Å². The van der Waals surface area contributed by atoms with Crippen molar-refractivity contribution in [2.45, 2.75) is 52.0 Å². The highest BCUT2D eigenvalue weighted by Gasteiger charge is 2.43. The maximum atomic E-state index is 13.1. The van der Waals surface area contributed by atoms with Crippen molar-refractivity contribution in [3.05, 3.63) is 41.1 Å². The largest absolute Gasteiger partial charge is 0.271 e. The fraction of sp³-hybridized carbons (Fsp3) is 0.450. The Labute approximate surface area is 141 Å². The van der Waals surface area contributed by atoms with Crippen LogP contribution in [0, 0.1) is 12.8 Å². The molecule has 4 rings (SSSR count). The molecule has 0 bridgehead atoms. The van der Waals surface area contributed by atoms with Crippen molar-refractivity contribution in [1.29, 1.82) is 0 Å². The Kier molecular flexibility index (Phi) is 3.63. The molecule has 1 aromatic heterocycles. The maximum absolute atomic E-state index is 13.1. The number of fused-ring (bicyclic) bond motifs is 3. The second kappa shape index (κ2) is 5.69. The summed E-state index contributed by atoms with van der Waals surface area (Å²) in [7, 11) is 0. The Morgan fingerprint density at radius 2 is 1.71 bits per heavy atom. The lowest BCUT2D eigenvalue weighted by atomic mass is 9.84. The molecule has 1 fully saturated rings. The molecule has 0 radical (unpaired) electrons. The summed E-state index contributed by atoms with van der Waals surface area (Å²) in [4.78, 5) is 32.2. The Morgan fingerprint density at radius 3 is 2.46 bits per heavy atom. The lowest BCUT2D eigenvalue weighted by Gasteiger charge is -2.32. The molecular formula is C20H22N2O2. The average Bonchev–Trinajstić information content (AvgIpc) is 2.87. The van der Waals surface area contributed by atoms with E-state index in [1.807, 2.05) is 38.1 Å². The lowest BCUT2D eigenvalue weighted by molar-refractivity contribution is 0.0521. The third kappa shape index (κ3) is 2.16. The highest BCUT2D eigenvalue weighted by atomic mass is 16.2. The summed E-state index contributed by atoms with van der Waals surface area (Å²) in [6.07, 6.45) is 5.86. The molecule has 2 amide bonds. The summed E-state index contributed by atoms with van der Waals surface area (Å²) in [6.45, 7) is 3.86. The van der Waals surface area contributed by atoms with E-state index in [0.29, 0.717) is 22.7 Å². The first-order chi connectivity index (χ1) is 11.6. The van der Waals surface area contributed by atoms with Crippen LogP contribution >= 0.6 is 0 Å². The summed E-state index contributed by atoms with van der Waals surface area (Å²) in [5.74, 6) is 0.110. The molecule has 1 saturated carbocycles. The van der Waals surface area contributed by atoms with Gasteiger partial charge in [-0.15, -0.1) is 0 Å². The molecule has 24 heavy (non-hydrogen) atoms. The van der Waals surface area contributed by atoms with E-state index >= 15 is 0 Å². The van der Waals surface area contributed by atoms with Gasteiger partial charge in [-0.25, -0.2) is 0 Å². The van der Waals surface area contributed by atoms with Crippen LogP contribution in [0.3, 0.4) is 0 Å². The summed E-state index contributed by atoms with van der Waals surface area (Å²) >= 11 is 0. The van der Waals surface area contributed by atoms with Gasteiger partial charge in [-0.05, 0) is 38.7 Å². The first-order valence-corrected chi connectivity index (χ1v) is 8.87. The third-order valence-electron chi connectivity index (χ3n) is 5.68. The van der Waals surface area contributed by atoms with Gasteiger partial charge in [0, 0.05) is 11.4 Å². The number of carbonyl (C=O) groups is 2. The zero-order valence-electron chi connectivity index (χ0n) is 14.2. The van der Waals surface area contributed by atoms with Gasteiger partial charge < -0.3 is 0 Å². The predicted octanol–water partition coefficient (Wildman–Crippen LogP) is 4.11. The molecule has 1 aliphatic carbocycles. The summed E-state index contributed by atoms with van der Waals surface area (Å²) in [6, 6.07) is 7.54. The zero-order chi connectivity index (χ0) is 16.8. The van der Waals surface area contributed by atoms with E-state index in [-0.39, 0.29) is 17.9 Å². The fourth-order valence-electron chi connectivity index (χ4n) is 4.35. The number of nitrogens with zero attached hydrogens (tertiary/aromatic N) is 2. The number of para-hydroxylation sites is 1. The van der Waals surface area contributed by atoms with Crippen molar-refractivity contribution < 1.29 is 9.59 Å². The van der Waals surface area contributed by atoms with Gasteiger partial charge in [0.25, 0.3) is 11.8 Å². The minimum absolute atomic E-state index is 0.0455. The highest BCUT2D eigenvalue weighted by molar-refractivity contribution is 6.26. The second-order valence-electron chi connectivity index (χ2n) is 7.08. The molecule has 1 aromatic carbocycles. The first kappa shape index (κ1) is 15.3. The van der Waals surface area contributed by atoms with Gasteiger partial charge in [0.2, 0.25) is 0 Å². The molecule has 0 unspecified atom stereocenters. The number of hydrogen-bond donors (Lipinski definition) is 0. The maximum Gasteiger partial charge on any atom is 0.263 e. The Morgan fingerprint density at radius 1 is 1.04 bits per heavy atom. The van der Waals surface area contributed by atoms with Crippen molar-refractivity contribution in [2.24, 2.45) is 5.92 Å². The van der Waals surface area contributed by atoms with Gasteiger partial charge in [-0.1, -0.05) is 37.5 Å². The number of imide groups is 1. The van der Waals surface area contributed by atoms with E-state index in [2.05, 4.69) is 4.98 Å². The van der Waals surface area contributed by atoms with Gasteiger partial charge >= 0.3 is 0 Å². The molecule has 2 aromatic rings. The summed E-state index contributed by atoms with van der Waals surface area (Å²) in [5.41, 5.74) is 2.48. The van der Waals surface area contributed by atoms with Gasteiger partial charge in [0.15, 0.2) is 0 Å². The monoisotopic (exact) mass is 322 g/mol. The average molecular weight is 322 g/mol. The van der Waals surface area contributed by atoms with Crippen LogP contribution in [0.2, 0.25) is 0 Å². The molecule has 124 valence electrons. The van der Waals surface area contributed by atoms with Crippen LogP contribution in [0.15, 0.2) is 24.3 Å². The van der Waals surface area contributed by atoms with Crippen LogP contribution in [0.1, 0.15) is 65.4 Å². The number of rotatable bonds is 2. The van der Waals surface area contributed by atoms with E-state index in [0.717, 1.165) is 23.7 Å². The van der Waals surface area contributed by atoms with Gasteiger partial charge in [-0.3, -0.25) is 19.5 Å². The van der Waals surface area contributed by atoms with E-state index in [1.165, 1.54) is 24.2 Å². The zero-order valence-corrected chi connectivity index (χ0v) is 14.2. The molecule has 2 aliphatic rings. The summed E-state index contributed by atoms with van der Waals surface area (Å²) in [5, 5.41) is 0.787. The molecule has 0 spiro atoms. The molecule has 0 saturated heterocycles. The number of aromatic nitrogens is 1. The van der Waals surface area contributed by atoms with Crippen LogP contribution in [-0.4, -0.2) is 27.7 Å². The van der Waals surface area contributed by atoms with Gasteiger partial charge in [-0.2, -0.15) is 0 Å². The molecule has 4 heteroatoms. The Bertz CT molecular complexity index is 837. The van der Waals surface area contributed by atoms with Crippen molar-refractivity contribution in [3.63, 3.8) is 0 Å². The molecule has 1 atom stereocenters. The number of aryl methyl sites for hydroxylation is 1. The van der Waals surface area contributed by atoms with Crippen LogP contribution < -0.4 is 0 Å². The first-order valence-electron chi connectivity index (χ1n) is 8.87. The quantitative estimate of drug-likeness (QED) is 0.782. The summed E-state index contributed by atoms with van der Waals surface area (Å²) < 4.78 is 0. The molecule has 4 nitrogen and oxygen atoms in total. The minimum Gasteiger partial charge on any atom is -0.271 e. The number of carbonyl (C=O) groups excluding carboxylic acids is 2. The lowest BCUT2D eigenvalue weighted by Crippen LogP contribution is -2.43. The smallest absolute Gasteiger partial charge is 0.263 e. The van der Waals surface area contributed by atoms with Crippen LogP contribution in [-0.2, 0) is 0 Å². The van der Waals surface area contributed by atoms with E-state index in [4.69, 9.17) is 0 Å². The van der Waals surface area contributed by atoms with Crippen LogP contribution in [0.4, 0.5) is 0 Å². The number of pyridine rings is 1. The normalized spacial score (nSPS) is 19.8. The van der Waals surface area contributed by atoms with Gasteiger partial charge in [0.05, 0.1) is 22.3 Å². The van der Waals surface area contributed by atoms with Crippen LogP contribution in [0.5, 0.6) is 0 Å². The van der Waals surface area contributed by atoms with E-state index in [9.17, 15) is 9.59 Å². The molecular weight excluding hydrogens is 300 g/mol. The van der Waals surface area contributed by atoms with Crippen molar-refractivity contribution in [3.8, 4) is 0 Å².